The summed E-state index contributed by atoms with van der Waals surface area (Å²) in [6, 6.07) is 2.52. The Bertz CT molecular complexity index is 519. The molecule has 0 unspecified atom stereocenters. The molecule has 2 fully saturated rings. The molecule has 0 spiro atoms. The van der Waals surface area contributed by atoms with Crippen LogP contribution in [0.2, 0.25) is 0 Å². The van der Waals surface area contributed by atoms with E-state index in [9.17, 15) is 17.6 Å². The molecule has 0 amide bonds. The molecule has 1 aliphatic carbocycles. The van der Waals surface area contributed by atoms with Gasteiger partial charge in [-0.1, -0.05) is 12.8 Å². The summed E-state index contributed by atoms with van der Waals surface area (Å²) in [6.45, 7) is 2.92. The van der Waals surface area contributed by atoms with Gasteiger partial charge in [-0.25, -0.2) is 4.39 Å². The standard InChI is InChI=1S/C16H20F4N2/c17-12-3-4-14(16(18,19)20)13(10-12)15(9-11-1-2-11)22-7-5-21-6-8-22/h3-4,10-11,15,21H,1-2,5-9H2/t15-/m0/s1. The first kappa shape index (κ1) is 15.7. The molecule has 1 saturated heterocycles. The van der Waals surface area contributed by atoms with Crippen LogP contribution in [0.3, 0.4) is 0 Å². The van der Waals surface area contributed by atoms with Gasteiger partial charge in [-0.15, -0.1) is 0 Å². The van der Waals surface area contributed by atoms with Gasteiger partial charge in [0.1, 0.15) is 5.82 Å². The highest BCUT2D eigenvalue weighted by atomic mass is 19.4. The molecular weight excluding hydrogens is 296 g/mol. The van der Waals surface area contributed by atoms with E-state index in [1.807, 2.05) is 0 Å². The molecular formula is C16H20F4N2. The molecule has 0 aromatic heterocycles. The van der Waals surface area contributed by atoms with Crippen molar-refractivity contribution in [2.24, 2.45) is 5.92 Å². The van der Waals surface area contributed by atoms with Crippen molar-refractivity contribution in [3.05, 3.63) is 35.1 Å². The number of hydrogen-bond donors (Lipinski definition) is 1. The van der Waals surface area contributed by atoms with Gasteiger partial charge in [0.2, 0.25) is 0 Å². The summed E-state index contributed by atoms with van der Waals surface area (Å²) in [5.41, 5.74) is -0.598. The topological polar surface area (TPSA) is 15.3 Å². The van der Waals surface area contributed by atoms with Crippen molar-refractivity contribution in [2.45, 2.75) is 31.5 Å². The first-order chi connectivity index (χ1) is 10.4. The van der Waals surface area contributed by atoms with E-state index in [1.165, 1.54) is 0 Å². The highest BCUT2D eigenvalue weighted by Gasteiger charge is 2.38. The lowest BCUT2D eigenvalue weighted by atomic mass is 9.93. The molecule has 2 nitrogen and oxygen atoms in total. The lowest BCUT2D eigenvalue weighted by molar-refractivity contribution is -0.138. The Labute approximate surface area is 127 Å². The summed E-state index contributed by atoms with van der Waals surface area (Å²) in [5, 5.41) is 3.21. The van der Waals surface area contributed by atoms with Crippen LogP contribution in [0.5, 0.6) is 0 Å². The molecule has 0 radical (unpaired) electrons. The van der Waals surface area contributed by atoms with E-state index in [0.717, 1.165) is 44.1 Å². The van der Waals surface area contributed by atoms with Crippen LogP contribution in [0.4, 0.5) is 17.6 Å². The van der Waals surface area contributed by atoms with Crippen molar-refractivity contribution in [3.63, 3.8) is 0 Å². The zero-order valence-corrected chi connectivity index (χ0v) is 12.3. The van der Waals surface area contributed by atoms with Gasteiger partial charge in [-0.05, 0) is 36.1 Å². The minimum absolute atomic E-state index is 0.0984. The minimum atomic E-state index is -4.45. The van der Waals surface area contributed by atoms with Crippen LogP contribution in [0.25, 0.3) is 0 Å². The Morgan fingerprint density at radius 3 is 2.45 bits per heavy atom. The molecule has 2 aliphatic rings. The first-order valence-corrected chi connectivity index (χ1v) is 7.76. The number of alkyl halides is 3. The van der Waals surface area contributed by atoms with Crippen LogP contribution in [0.15, 0.2) is 18.2 Å². The number of halogens is 4. The molecule has 22 heavy (non-hydrogen) atoms. The Morgan fingerprint density at radius 2 is 1.86 bits per heavy atom. The second-order valence-electron chi connectivity index (χ2n) is 6.21. The monoisotopic (exact) mass is 316 g/mol. The maximum absolute atomic E-state index is 13.6. The van der Waals surface area contributed by atoms with E-state index in [-0.39, 0.29) is 11.6 Å². The van der Waals surface area contributed by atoms with Crippen LogP contribution in [-0.4, -0.2) is 31.1 Å². The maximum atomic E-state index is 13.6. The quantitative estimate of drug-likeness (QED) is 0.854. The van der Waals surface area contributed by atoms with Gasteiger partial charge in [0, 0.05) is 32.2 Å². The fourth-order valence-electron chi connectivity index (χ4n) is 3.20. The third-order valence-corrected chi connectivity index (χ3v) is 4.52. The average molecular weight is 316 g/mol. The number of nitrogens with one attached hydrogen (secondary N) is 1. The molecule has 3 rings (SSSR count). The van der Waals surface area contributed by atoms with E-state index < -0.39 is 17.6 Å². The molecule has 1 aliphatic heterocycles. The number of rotatable bonds is 4. The molecule has 122 valence electrons. The lowest BCUT2D eigenvalue weighted by Gasteiger charge is -2.36. The van der Waals surface area contributed by atoms with Crippen LogP contribution >= 0.6 is 0 Å². The summed E-state index contributed by atoms with van der Waals surface area (Å²) in [7, 11) is 0. The number of nitrogens with zero attached hydrogens (tertiary/aromatic N) is 1. The van der Waals surface area contributed by atoms with Crippen molar-refractivity contribution in [2.75, 3.05) is 26.2 Å². The Balaban J connectivity index is 1.96. The van der Waals surface area contributed by atoms with Crippen LogP contribution in [0.1, 0.15) is 36.4 Å². The van der Waals surface area contributed by atoms with Crippen LogP contribution < -0.4 is 5.32 Å². The number of hydrogen-bond acceptors (Lipinski definition) is 2. The smallest absolute Gasteiger partial charge is 0.314 e. The van der Waals surface area contributed by atoms with Crippen LogP contribution in [-0.2, 0) is 6.18 Å². The number of benzene rings is 1. The van der Waals surface area contributed by atoms with Gasteiger partial charge < -0.3 is 5.32 Å². The summed E-state index contributed by atoms with van der Waals surface area (Å²) >= 11 is 0. The molecule has 1 aromatic carbocycles. The normalized spacial score (nSPS) is 21.8. The fraction of sp³-hybridized carbons (Fsp3) is 0.625. The summed E-state index contributed by atoms with van der Waals surface area (Å²) in [5.74, 6) is -0.122. The van der Waals surface area contributed by atoms with Crippen molar-refractivity contribution in [3.8, 4) is 0 Å². The summed E-state index contributed by atoms with van der Waals surface area (Å²) < 4.78 is 53.5. The van der Waals surface area contributed by atoms with Crippen molar-refractivity contribution in [1.29, 1.82) is 0 Å². The van der Waals surface area contributed by atoms with Crippen molar-refractivity contribution in [1.82, 2.24) is 10.2 Å². The average Bonchev–Trinajstić information content (AvgIpc) is 3.28. The zero-order chi connectivity index (χ0) is 15.7. The Kier molecular flexibility index (Phi) is 4.41. The molecule has 1 aromatic rings. The lowest BCUT2D eigenvalue weighted by Crippen LogP contribution is -2.45. The fourth-order valence-corrected chi connectivity index (χ4v) is 3.20. The van der Waals surface area contributed by atoms with E-state index in [4.69, 9.17) is 0 Å². The van der Waals surface area contributed by atoms with Gasteiger partial charge in [0.05, 0.1) is 5.56 Å². The van der Waals surface area contributed by atoms with Gasteiger partial charge in [0.15, 0.2) is 0 Å². The minimum Gasteiger partial charge on any atom is -0.314 e. The SMILES string of the molecule is Fc1ccc(C(F)(F)F)c([C@H](CC2CC2)N2CCNCC2)c1. The molecule has 1 heterocycles. The molecule has 0 bridgehead atoms. The highest BCUT2D eigenvalue weighted by Crippen LogP contribution is 2.43. The molecule has 6 heteroatoms. The van der Waals surface area contributed by atoms with Gasteiger partial charge in [0.25, 0.3) is 0 Å². The molecule has 1 atom stereocenters. The first-order valence-electron chi connectivity index (χ1n) is 7.76. The largest absolute Gasteiger partial charge is 0.416 e. The van der Waals surface area contributed by atoms with Crippen molar-refractivity contribution >= 4 is 0 Å². The van der Waals surface area contributed by atoms with E-state index in [0.29, 0.717) is 25.4 Å². The van der Waals surface area contributed by atoms with E-state index in [2.05, 4.69) is 10.2 Å². The molecule has 1 N–H and O–H groups in total. The predicted molar refractivity (Wildman–Crippen MR) is 75.9 cm³/mol. The molecule has 1 saturated carbocycles. The van der Waals surface area contributed by atoms with E-state index in [1.54, 1.807) is 0 Å². The Hall–Kier alpha value is -1.14. The van der Waals surface area contributed by atoms with Crippen molar-refractivity contribution < 1.29 is 17.6 Å². The second kappa shape index (κ2) is 6.16. The third kappa shape index (κ3) is 3.60. The number of piperazine rings is 1. The third-order valence-electron chi connectivity index (χ3n) is 4.52. The van der Waals surface area contributed by atoms with Gasteiger partial charge in [-0.3, -0.25) is 4.90 Å². The van der Waals surface area contributed by atoms with E-state index >= 15 is 0 Å². The highest BCUT2D eigenvalue weighted by molar-refractivity contribution is 5.33. The second-order valence-corrected chi connectivity index (χ2v) is 6.21. The zero-order valence-electron chi connectivity index (χ0n) is 12.3. The Morgan fingerprint density at radius 1 is 1.18 bits per heavy atom. The van der Waals surface area contributed by atoms with Gasteiger partial charge >= 0.3 is 6.18 Å². The summed E-state index contributed by atoms with van der Waals surface area (Å²) in [4.78, 5) is 2.07. The maximum Gasteiger partial charge on any atom is 0.416 e. The predicted octanol–water partition coefficient (Wildman–Crippen LogP) is 3.59. The summed E-state index contributed by atoms with van der Waals surface area (Å²) in [6.07, 6.45) is -1.62. The van der Waals surface area contributed by atoms with Gasteiger partial charge in [-0.2, -0.15) is 13.2 Å². The van der Waals surface area contributed by atoms with Crippen LogP contribution in [0, 0.1) is 11.7 Å².